The number of aliphatic hydroxyl groups is 4. The Balaban J connectivity index is 1.83. The van der Waals surface area contributed by atoms with Crippen LogP contribution < -0.4 is 0 Å². The first kappa shape index (κ1) is 59.8. The molecule has 0 radical (unpaired) electrons. The van der Waals surface area contributed by atoms with Gasteiger partial charge in [0.1, 0.15) is 43.2 Å². The topological polar surface area (TPSA) is 269 Å². The van der Waals surface area contributed by atoms with Crippen molar-refractivity contribution in [1.29, 1.82) is 0 Å². The van der Waals surface area contributed by atoms with Crippen molar-refractivity contribution in [3.8, 4) is 0 Å². The van der Waals surface area contributed by atoms with Gasteiger partial charge in [-0.25, -0.2) is 9.13 Å². The van der Waals surface area contributed by atoms with E-state index in [1.165, 1.54) is 38.5 Å². The van der Waals surface area contributed by atoms with Crippen molar-refractivity contribution in [1.82, 2.24) is 0 Å². The summed E-state index contributed by atoms with van der Waals surface area (Å²) >= 11 is 0. The number of epoxide rings is 1. The molecular weight excluding hydrogens is 898 g/mol. The molecule has 1 heterocycles. The number of unbranched alkanes of at least 4 members (excludes halogenated alkanes) is 12. The van der Waals surface area contributed by atoms with Crippen molar-refractivity contribution in [3.05, 3.63) is 60.8 Å². The smallest absolute Gasteiger partial charge is 0.462 e. The van der Waals surface area contributed by atoms with Crippen LogP contribution in [0.15, 0.2) is 60.8 Å². The number of phosphoric acid groups is 2. The molecule has 2 rings (SSSR count). The monoisotopic (exact) mass is 978 g/mol. The minimum absolute atomic E-state index is 0.0427. The molecule has 7 unspecified atom stereocenters. The van der Waals surface area contributed by atoms with E-state index in [1.54, 1.807) is 0 Å². The van der Waals surface area contributed by atoms with E-state index in [-0.39, 0.29) is 25.0 Å². The summed E-state index contributed by atoms with van der Waals surface area (Å²) in [5.41, 5.74) is 0. The number of carbonyl (C=O) groups excluding carboxylic acids is 2. The fourth-order valence-electron chi connectivity index (χ4n) is 7.09. The highest BCUT2D eigenvalue weighted by molar-refractivity contribution is 7.47. The molecule has 66 heavy (non-hydrogen) atoms. The number of aliphatic hydroxyl groups excluding tert-OH is 4. The number of phosphoric ester groups is 2. The maximum atomic E-state index is 13.0. The molecular formula is C47H80O17P2. The SMILES string of the molecule is CCCCC/C=C\C/C=C\CCCCCCCC(=O)OC[C@H](COP(=O)(O)O[C@H]1C(O)C(O)C(O)[C@@H](OP(=O)(O)O)C1O)OC(=O)CCC/C=C\C/C=C\CC1OC1C/C=C\CCCCC. The number of hydrogen-bond acceptors (Lipinski definition) is 14. The van der Waals surface area contributed by atoms with E-state index >= 15 is 0 Å². The van der Waals surface area contributed by atoms with Gasteiger partial charge in [-0.15, -0.1) is 0 Å². The van der Waals surface area contributed by atoms with E-state index < -0.39 is 83.5 Å². The second-order valence-electron chi connectivity index (χ2n) is 16.9. The lowest BCUT2D eigenvalue weighted by Crippen LogP contribution is -2.64. The summed E-state index contributed by atoms with van der Waals surface area (Å²) in [7, 11) is -10.7. The molecule has 19 heteroatoms. The van der Waals surface area contributed by atoms with Gasteiger partial charge in [0.25, 0.3) is 0 Å². The van der Waals surface area contributed by atoms with E-state index in [4.69, 9.17) is 23.3 Å². The predicted molar refractivity (Wildman–Crippen MR) is 250 cm³/mol. The van der Waals surface area contributed by atoms with Crippen LogP contribution in [0.3, 0.4) is 0 Å². The van der Waals surface area contributed by atoms with Crippen molar-refractivity contribution in [2.45, 2.75) is 210 Å². The molecule has 1 aliphatic heterocycles. The standard InChI is InChI=1S/C47H80O17P2/c1-3-5-7-9-11-12-13-14-15-16-17-18-21-25-29-33-40(48)59-35-37(36-60-66(57,58)64-47-44(52)42(50)43(51)46(45(47)53)63-65(54,55)56)61-41(49)34-30-26-22-19-20-24-28-32-39-38(62-39)31-27-23-10-8-6-4-2/h11-12,14-15,19,22-24,27-28,37-39,42-47,50-53H,3-10,13,16-18,20-21,25-26,29-36H2,1-2H3,(H,57,58)(H2,54,55,56)/b12-11-,15-14-,22-19-,27-23-,28-24-/t37-,38?,39?,42?,43?,44?,45?,46-,47+/m1/s1. The molecule has 17 nitrogen and oxygen atoms in total. The summed E-state index contributed by atoms with van der Waals surface area (Å²) in [6.45, 7) is 2.98. The summed E-state index contributed by atoms with van der Waals surface area (Å²) in [4.78, 5) is 54.3. The number of esters is 2. The number of carbonyl (C=O) groups is 2. The van der Waals surface area contributed by atoms with Gasteiger partial charge in [0.05, 0.1) is 18.8 Å². The van der Waals surface area contributed by atoms with Crippen molar-refractivity contribution in [3.63, 3.8) is 0 Å². The number of hydrogen-bond donors (Lipinski definition) is 7. The first-order chi connectivity index (χ1) is 31.6. The zero-order chi connectivity index (χ0) is 48.6. The number of ether oxygens (including phenoxy) is 3. The van der Waals surface area contributed by atoms with Gasteiger partial charge in [-0.05, 0) is 83.5 Å². The highest BCUT2D eigenvalue weighted by Gasteiger charge is 2.54. The summed E-state index contributed by atoms with van der Waals surface area (Å²) in [5, 5.41) is 41.2. The molecule has 1 saturated carbocycles. The molecule has 0 bridgehead atoms. The molecule has 2 aliphatic rings. The highest BCUT2D eigenvalue weighted by Crippen LogP contribution is 2.49. The van der Waals surface area contributed by atoms with Crippen molar-refractivity contribution in [2.24, 2.45) is 0 Å². The molecule has 380 valence electrons. The summed E-state index contributed by atoms with van der Waals surface area (Å²) < 4.78 is 55.1. The van der Waals surface area contributed by atoms with E-state index in [9.17, 15) is 53.8 Å². The van der Waals surface area contributed by atoms with Gasteiger partial charge < -0.3 is 49.3 Å². The quantitative estimate of drug-likeness (QED) is 0.0101. The molecule has 10 atom stereocenters. The third-order valence-electron chi connectivity index (χ3n) is 11.0. The lowest BCUT2D eigenvalue weighted by atomic mass is 9.85. The van der Waals surface area contributed by atoms with Gasteiger partial charge in [-0.1, -0.05) is 120 Å². The summed E-state index contributed by atoms with van der Waals surface area (Å²) in [6.07, 6.45) is 26.4. The van der Waals surface area contributed by atoms with Crippen LogP contribution in [0.4, 0.5) is 0 Å². The van der Waals surface area contributed by atoms with E-state index in [0.29, 0.717) is 25.7 Å². The largest absolute Gasteiger partial charge is 0.472 e. The third kappa shape index (κ3) is 28.2. The lowest BCUT2D eigenvalue weighted by molar-refractivity contribution is -0.216. The fourth-order valence-corrected chi connectivity index (χ4v) is 8.63. The Kier molecular flexibility index (Phi) is 31.6. The molecule has 1 aliphatic carbocycles. The van der Waals surface area contributed by atoms with Crippen LogP contribution in [0.5, 0.6) is 0 Å². The fraction of sp³-hybridized carbons (Fsp3) is 0.745. The summed E-state index contributed by atoms with van der Waals surface area (Å²) in [5.74, 6) is -1.30. The van der Waals surface area contributed by atoms with Gasteiger partial charge in [0.2, 0.25) is 0 Å². The van der Waals surface area contributed by atoms with Crippen LogP contribution in [-0.4, -0.2) is 115 Å². The van der Waals surface area contributed by atoms with Crippen molar-refractivity contribution < 1.29 is 81.6 Å². The van der Waals surface area contributed by atoms with Crippen LogP contribution in [-0.2, 0) is 46.5 Å². The maximum absolute atomic E-state index is 13.0. The second-order valence-corrected chi connectivity index (χ2v) is 19.5. The Morgan fingerprint density at radius 1 is 0.545 bits per heavy atom. The van der Waals surface area contributed by atoms with Gasteiger partial charge in [-0.3, -0.25) is 23.2 Å². The zero-order valence-corrected chi connectivity index (χ0v) is 40.8. The molecule has 0 aromatic carbocycles. The number of rotatable bonds is 38. The number of allylic oxidation sites excluding steroid dienone is 8. The zero-order valence-electron chi connectivity index (χ0n) is 39.0. The second kappa shape index (κ2) is 34.9. The Bertz CT molecular complexity index is 1580. The summed E-state index contributed by atoms with van der Waals surface area (Å²) in [6, 6.07) is 0. The van der Waals surface area contributed by atoms with Crippen LogP contribution in [0, 0.1) is 0 Å². The van der Waals surface area contributed by atoms with Crippen LogP contribution >= 0.6 is 15.6 Å². The Morgan fingerprint density at radius 3 is 1.59 bits per heavy atom. The van der Waals surface area contributed by atoms with Gasteiger partial charge in [0, 0.05) is 12.8 Å². The average molecular weight is 979 g/mol. The van der Waals surface area contributed by atoms with Crippen LogP contribution in [0.1, 0.15) is 155 Å². The predicted octanol–water partition coefficient (Wildman–Crippen LogP) is 8.05. The minimum Gasteiger partial charge on any atom is -0.462 e. The third-order valence-corrected chi connectivity index (χ3v) is 12.5. The molecule has 0 spiro atoms. The minimum atomic E-state index is -5.38. The normalized spacial score (nSPS) is 25.1. The first-order valence-corrected chi connectivity index (χ1v) is 27.0. The van der Waals surface area contributed by atoms with Crippen LogP contribution in [0.25, 0.3) is 0 Å². The molecule has 0 amide bonds. The highest BCUT2D eigenvalue weighted by atomic mass is 31.2. The van der Waals surface area contributed by atoms with Crippen molar-refractivity contribution in [2.75, 3.05) is 13.2 Å². The van der Waals surface area contributed by atoms with Crippen LogP contribution in [0.2, 0.25) is 0 Å². The molecule has 2 fully saturated rings. The van der Waals surface area contributed by atoms with E-state index in [2.05, 4.69) is 67.0 Å². The van der Waals surface area contributed by atoms with E-state index in [1.807, 2.05) is 12.2 Å². The molecule has 1 saturated heterocycles. The molecule has 0 aromatic heterocycles. The van der Waals surface area contributed by atoms with E-state index in [0.717, 1.165) is 64.2 Å². The Hall–Kier alpha value is -2.34. The Morgan fingerprint density at radius 2 is 1.02 bits per heavy atom. The molecule has 7 N–H and O–H groups in total. The van der Waals surface area contributed by atoms with Gasteiger partial charge >= 0.3 is 27.6 Å². The van der Waals surface area contributed by atoms with Gasteiger partial charge in [-0.2, -0.15) is 0 Å². The Labute approximate surface area is 392 Å². The van der Waals surface area contributed by atoms with Gasteiger partial charge in [0.15, 0.2) is 6.10 Å². The average Bonchev–Trinajstić information content (AvgIpc) is 4.03. The maximum Gasteiger partial charge on any atom is 0.472 e. The van der Waals surface area contributed by atoms with Crippen molar-refractivity contribution >= 4 is 27.6 Å². The lowest BCUT2D eigenvalue weighted by Gasteiger charge is -2.43. The first-order valence-electron chi connectivity index (χ1n) is 24.0. The molecule has 0 aromatic rings.